The SMILES string of the molecule is CCC(C)Oc1ccc(-c2cccc3c(-c4ccccc4)c4ccccc4c(-c4ccccc4)c23)cc1.O=S(=O)(O)C(F)(F)F. The van der Waals surface area contributed by atoms with Crippen LogP contribution in [0, 0.1) is 0 Å². The summed E-state index contributed by atoms with van der Waals surface area (Å²) in [5.41, 5.74) is 1.91. The average Bonchev–Trinajstić information content (AvgIpc) is 3.04. The number of alkyl halides is 3. The molecule has 0 heterocycles. The first-order chi connectivity index (χ1) is 21.5. The van der Waals surface area contributed by atoms with Crippen molar-refractivity contribution < 1.29 is 30.9 Å². The molecule has 0 aromatic heterocycles. The van der Waals surface area contributed by atoms with Gasteiger partial charge in [0.2, 0.25) is 0 Å². The first-order valence-corrected chi connectivity index (χ1v) is 15.8. The van der Waals surface area contributed by atoms with E-state index in [2.05, 4.69) is 141 Å². The average molecular weight is 629 g/mol. The van der Waals surface area contributed by atoms with Crippen molar-refractivity contribution in [1.29, 1.82) is 0 Å². The summed E-state index contributed by atoms with van der Waals surface area (Å²) in [6.45, 7) is 4.26. The van der Waals surface area contributed by atoms with Crippen LogP contribution in [-0.4, -0.2) is 24.6 Å². The van der Waals surface area contributed by atoms with Crippen LogP contribution in [-0.2, 0) is 10.1 Å². The molecule has 0 aliphatic carbocycles. The maximum atomic E-state index is 10.7. The minimum absolute atomic E-state index is 0.202. The smallest absolute Gasteiger partial charge is 0.491 e. The second-order valence-electron chi connectivity index (χ2n) is 10.5. The molecule has 0 aliphatic heterocycles. The number of hydrogen-bond acceptors (Lipinski definition) is 3. The van der Waals surface area contributed by atoms with Crippen LogP contribution in [0.25, 0.3) is 54.9 Å². The Labute approximate surface area is 260 Å². The third-order valence-corrected chi connectivity index (χ3v) is 8.13. The summed E-state index contributed by atoms with van der Waals surface area (Å²) in [6, 6.07) is 45.7. The standard InChI is InChI=1S/C36H30O.CHF3O3S/c1-3-25(2)37-29-23-21-26(22-24-29)30-19-12-20-33-34(27-13-6-4-7-14-27)31-17-10-11-18-32(31)35(36(30)33)28-15-8-5-9-16-28;2-1(3,4)8(5,6)7/h4-25H,3H2,1-2H3;(H,5,6,7). The maximum absolute atomic E-state index is 10.7. The molecule has 0 bridgehead atoms. The summed E-state index contributed by atoms with van der Waals surface area (Å²) < 4.78 is 63.6. The summed E-state index contributed by atoms with van der Waals surface area (Å²) in [7, 11) is -5.84. The summed E-state index contributed by atoms with van der Waals surface area (Å²) in [5, 5.41) is 5.08. The molecule has 0 saturated carbocycles. The van der Waals surface area contributed by atoms with Gasteiger partial charge < -0.3 is 4.74 Å². The van der Waals surface area contributed by atoms with E-state index in [1.54, 1.807) is 0 Å². The van der Waals surface area contributed by atoms with E-state index in [9.17, 15) is 13.2 Å². The van der Waals surface area contributed by atoms with E-state index in [-0.39, 0.29) is 6.10 Å². The van der Waals surface area contributed by atoms with Gasteiger partial charge in [0.1, 0.15) is 5.75 Å². The minimum atomic E-state index is -5.84. The van der Waals surface area contributed by atoms with Gasteiger partial charge in [-0.05, 0) is 80.4 Å². The topological polar surface area (TPSA) is 63.6 Å². The van der Waals surface area contributed by atoms with Gasteiger partial charge in [-0.3, -0.25) is 4.55 Å². The normalized spacial score (nSPS) is 12.4. The zero-order valence-corrected chi connectivity index (χ0v) is 25.4. The van der Waals surface area contributed by atoms with Gasteiger partial charge >= 0.3 is 15.6 Å². The summed E-state index contributed by atoms with van der Waals surface area (Å²) >= 11 is 0. The first-order valence-electron chi connectivity index (χ1n) is 14.4. The summed E-state index contributed by atoms with van der Waals surface area (Å²) in [6.07, 6.45) is 1.19. The van der Waals surface area contributed by atoms with Gasteiger partial charge in [-0.15, -0.1) is 0 Å². The van der Waals surface area contributed by atoms with Crippen molar-refractivity contribution >= 4 is 31.7 Å². The number of halogens is 3. The number of ether oxygens (including phenoxy) is 1. The zero-order chi connectivity index (χ0) is 32.2. The Kier molecular flexibility index (Phi) is 9.27. The van der Waals surface area contributed by atoms with E-state index < -0.39 is 15.6 Å². The molecular weight excluding hydrogens is 597 g/mol. The quantitative estimate of drug-likeness (QED) is 0.113. The van der Waals surface area contributed by atoms with Crippen molar-refractivity contribution in [2.75, 3.05) is 0 Å². The lowest BCUT2D eigenvalue weighted by Gasteiger charge is -2.20. The van der Waals surface area contributed by atoms with Gasteiger partial charge in [-0.1, -0.05) is 122 Å². The minimum Gasteiger partial charge on any atom is -0.491 e. The molecule has 0 fully saturated rings. The van der Waals surface area contributed by atoms with E-state index in [1.807, 2.05) is 0 Å². The van der Waals surface area contributed by atoms with E-state index >= 15 is 0 Å². The number of hydrogen-bond donors (Lipinski definition) is 1. The summed E-state index contributed by atoms with van der Waals surface area (Å²) in [5.74, 6) is 0.914. The third kappa shape index (κ3) is 6.87. The van der Waals surface area contributed by atoms with E-state index in [0.29, 0.717) is 0 Å². The largest absolute Gasteiger partial charge is 0.522 e. The molecule has 0 aliphatic rings. The molecule has 0 spiro atoms. The second kappa shape index (κ2) is 13.1. The molecule has 0 radical (unpaired) electrons. The van der Waals surface area contributed by atoms with E-state index in [1.165, 1.54) is 54.9 Å². The van der Waals surface area contributed by atoms with Crippen molar-refractivity contribution in [3.05, 3.63) is 127 Å². The van der Waals surface area contributed by atoms with Gasteiger partial charge in [-0.2, -0.15) is 21.6 Å². The van der Waals surface area contributed by atoms with Crippen LogP contribution in [0.4, 0.5) is 13.2 Å². The Balaban J connectivity index is 0.000000444. The number of rotatable bonds is 6. The van der Waals surface area contributed by atoms with Gasteiger partial charge in [0, 0.05) is 0 Å². The molecule has 4 nitrogen and oxygen atoms in total. The van der Waals surface area contributed by atoms with Crippen molar-refractivity contribution in [1.82, 2.24) is 0 Å². The second-order valence-corrected chi connectivity index (χ2v) is 12.0. The fourth-order valence-corrected chi connectivity index (χ4v) is 5.32. The van der Waals surface area contributed by atoms with Gasteiger partial charge in [-0.25, -0.2) is 0 Å². The van der Waals surface area contributed by atoms with Crippen LogP contribution < -0.4 is 4.74 Å². The Morgan fingerprint density at radius 2 is 1.11 bits per heavy atom. The van der Waals surface area contributed by atoms with Crippen LogP contribution in [0.5, 0.6) is 5.75 Å². The Bertz CT molecular complexity index is 2030. The molecule has 230 valence electrons. The van der Waals surface area contributed by atoms with Crippen molar-refractivity contribution in [2.45, 2.75) is 31.9 Å². The molecule has 6 aromatic carbocycles. The predicted octanol–water partition coefficient (Wildman–Crippen LogP) is 10.6. The lowest BCUT2D eigenvalue weighted by Crippen LogP contribution is -2.21. The molecule has 0 amide bonds. The molecule has 6 rings (SSSR count). The predicted molar refractivity (Wildman–Crippen MR) is 176 cm³/mol. The molecule has 45 heavy (non-hydrogen) atoms. The molecule has 1 unspecified atom stereocenters. The van der Waals surface area contributed by atoms with Gasteiger partial charge in [0.15, 0.2) is 0 Å². The monoisotopic (exact) mass is 628 g/mol. The third-order valence-electron chi connectivity index (χ3n) is 7.54. The Morgan fingerprint density at radius 1 is 0.644 bits per heavy atom. The summed E-state index contributed by atoms with van der Waals surface area (Å²) in [4.78, 5) is 0. The highest BCUT2D eigenvalue weighted by molar-refractivity contribution is 7.86. The van der Waals surface area contributed by atoms with E-state index in [4.69, 9.17) is 17.7 Å². The zero-order valence-electron chi connectivity index (χ0n) is 24.6. The van der Waals surface area contributed by atoms with E-state index in [0.717, 1.165) is 12.2 Å². The van der Waals surface area contributed by atoms with Crippen LogP contribution >= 0.6 is 0 Å². The highest BCUT2D eigenvalue weighted by Crippen LogP contribution is 2.46. The lowest BCUT2D eigenvalue weighted by atomic mass is 9.83. The number of fused-ring (bicyclic) bond motifs is 2. The molecule has 6 aromatic rings. The Morgan fingerprint density at radius 3 is 1.62 bits per heavy atom. The molecular formula is C37H31F3O4S. The molecule has 0 saturated heterocycles. The lowest BCUT2D eigenvalue weighted by molar-refractivity contribution is -0.0510. The van der Waals surface area contributed by atoms with Gasteiger partial charge in [0.25, 0.3) is 0 Å². The van der Waals surface area contributed by atoms with Crippen molar-refractivity contribution in [2.24, 2.45) is 0 Å². The molecule has 1 atom stereocenters. The van der Waals surface area contributed by atoms with Crippen molar-refractivity contribution in [3.8, 4) is 39.1 Å². The number of benzene rings is 6. The molecule has 1 N–H and O–H groups in total. The van der Waals surface area contributed by atoms with Crippen LogP contribution in [0.3, 0.4) is 0 Å². The fraction of sp³-hybridized carbons (Fsp3) is 0.135. The van der Waals surface area contributed by atoms with Crippen LogP contribution in [0.1, 0.15) is 20.3 Å². The Hall–Kier alpha value is -4.66. The molecule has 8 heteroatoms. The highest BCUT2D eigenvalue weighted by atomic mass is 32.2. The highest BCUT2D eigenvalue weighted by Gasteiger charge is 2.44. The first kappa shape index (κ1) is 31.8. The fourth-order valence-electron chi connectivity index (χ4n) is 5.32. The van der Waals surface area contributed by atoms with Crippen LogP contribution in [0.15, 0.2) is 127 Å². The van der Waals surface area contributed by atoms with Crippen LogP contribution in [0.2, 0.25) is 0 Å². The maximum Gasteiger partial charge on any atom is 0.522 e. The van der Waals surface area contributed by atoms with Crippen molar-refractivity contribution in [3.63, 3.8) is 0 Å². The van der Waals surface area contributed by atoms with Gasteiger partial charge in [0.05, 0.1) is 6.10 Å².